The van der Waals surface area contributed by atoms with Gasteiger partial charge in [0.1, 0.15) is 5.75 Å². The van der Waals surface area contributed by atoms with Crippen molar-refractivity contribution in [1.29, 1.82) is 0 Å². The van der Waals surface area contributed by atoms with Crippen molar-refractivity contribution in [3.05, 3.63) is 29.8 Å². The standard InChI is InChI=1S/C21H33NO3/c1-4-6-17(7-5-2)20(23)22-16-21(12-14-25-15-13-21)18-8-10-19(24-3)11-9-18/h8-11,17H,4-7,12-16H2,1-3H3,(H,22,23). The molecule has 1 aromatic rings. The van der Waals surface area contributed by atoms with Crippen LogP contribution in [0.5, 0.6) is 5.75 Å². The number of rotatable bonds is 9. The van der Waals surface area contributed by atoms with Crippen LogP contribution in [-0.4, -0.2) is 32.8 Å². The highest BCUT2D eigenvalue weighted by Gasteiger charge is 2.35. The maximum Gasteiger partial charge on any atom is 0.223 e. The van der Waals surface area contributed by atoms with Crippen LogP contribution >= 0.6 is 0 Å². The zero-order valence-corrected chi connectivity index (χ0v) is 16.0. The first-order valence-electron chi connectivity index (χ1n) is 9.65. The largest absolute Gasteiger partial charge is 0.497 e. The fraction of sp³-hybridized carbons (Fsp3) is 0.667. The molecule has 0 atom stereocenters. The van der Waals surface area contributed by atoms with Crippen molar-refractivity contribution in [3.8, 4) is 5.75 Å². The fourth-order valence-corrected chi connectivity index (χ4v) is 3.78. The van der Waals surface area contributed by atoms with Crippen molar-refractivity contribution in [2.24, 2.45) is 5.92 Å². The van der Waals surface area contributed by atoms with Crippen LogP contribution in [0.4, 0.5) is 0 Å². The lowest BCUT2D eigenvalue weighted by Gasteiger charge is -2.38. The van der Waals surface area contributed by atoms with E-state index in [1.54, 1.807) is 7.11 Å². The normalized spacial score (nSPS) is 16.6. The minimum absolute atomic E-state index is 0.0385. The van der Waals surface area contributed by atoms with Crippen LogP contribution in [0.25, 0.3) is 0 Å². The molecule has 4 nitrogen and oxygen atoms in total. The van der Waals surface area contributed by atoms with E-state index in [2.05, 4.69) is 31.3 Å². The van der Waals surface area contributed by atoms with Crippen molar-refractivity contribution in [2.45, 2.75) is 57.8 Å². The summed E-state index contributed by atoms with van der Waals surface area (Å²) in [6, 6.07) is 8.27. The second-order valence-corrected chi connectivity index (χ2v) is 7.11. The van der Waals surface area contributed by atoms with Gasteiger partial charge in [0.15, 0.2) is 0 Å². The molecule has 0 spiro atoms. The van der Waals surface area contributed by atoms with E-state index in [0.29, 0.717) is 6.54 Å². The zero-order valence-electron chi connectivity index (χ0n) is 16.0. The Hall–Kier alpha value is -1.55. The second-order valence-electron chi connectivity index (χ2n) is 7.11. The Morgan fingerprint density at radius 1 is 1.16 bits per heavy atom. The molecule has 1 heterocycles. The molecular formula is C21H33NO3. The van der Waals surface area contributed by atoms with Crippen LogP contribution in [0.3, 0.4) is 0 Å². The van der Waals surface area contributed by atoms with Crippen LogP contribution in [0.15, 0.2) is 24.3 Å². The Labute approximate surface area is 152 Å². The molecule has 0 aliphatic carbocycles. The maximum absolute atomic E-state index is 12.7. The van der Waals surface area contributed by atoms with E-state index in [-0.39, 0.29) is 17.2 Å². The SMILES string of the molecule is CCCC(CCC)C(=O)NCC1(c2ccc(OC)cc2)CCOCC1. The van der Waals surface area contributed by atoms with E-state index in [1.165, 1.54) is 5.56 Å². The first-order chi connectivity index (χ1) is 12.1. The molecule has 0 saturated carbocycles. The van der Waals surface area contributed by atoms with E-state index in [9.17, 15) is 4.79 Å². The molecule has 2 rings (SSSR count). The van der Waals surface area contributed by atoms with Crippen LogP contribution in [0, 0.1) is 5.92 Å². The third-order valence-corrected chi connectivity index (χ3v) is 5.40. The van der Waals surface area contributed by atoms with Crippen molar-refractivity contribution in [2.75, 3.05) is 26.9 Å². The molecule has 4 heteroatoms. The van der Waals surface area contributed by atoms with E-state index in [0.717, 1.165) is 57.5 Å². The van der Waals surface area contributed by atoms with Gasteiger partial charge in [0, 0.05) is 31.1 Å². The predicted octanol–water partition coefficient (Wildman–Crippen LogP) is 4.08. The molecule has 1 aromatic carbocycles. The summed E-state index contributed by atoms with van der Waals surface area (Å²) in [7, 11) is 1.68. The summed E-state index contributed by atoms with van der Waals surface area (Å²) >= 11 is 0. The van der Waals surface area contributed by atoms with E-state index < -0.39 is 0 Å². The summed E-state index contributed by atoms with van der Waals surface area (Å²) in [5, 5.41) is 3.26. The van der Waals surface area contributed by atoms with Crippen LogP contribution in [-0.2, 0) is 14.9 Å². The minimum Gasteiger partial charge on any atom is -0.497 e. The molecule has 0 unspecified atom stereocenters. The van der Waals surface area contributed by atoms with Crippen molar-refractivity contribution in [1.82, 2.24) is 5.32 Å². The maximum atomic E-state index is 12.7. The number of ether oxygens (including phenoxy) is 2. The van der Waals surface area contributed by atoms with Gasteiger partial charge in [-0.3, -0.25) is 4.79 Å². The van der Waals surface area contributed by atoms with Gasteiger partial charge in [-0.2, -0.15) is 0 Å². The molecule has 1 fully saturated rings. The van der Waals surface area contributed by atoms with E-state index in [1.807, 2.05) is 12.1 Å². The molecule has 0 radical (unpaired) electrons. The molecule has 0 aromatic heterocycles. The lowest BCUT2D eigenvalue weighted by molar-refractivity contribution is -0.126. The highest BCUT2D eigenvalue weighted by atomic mass is 16.5. The van der Waals surface area contributed by atoms with Gasteiger partial charge in [0.05, 0.1) is 7.11 Å². The van der Waals surface area contributed by atoms with Gasteiger partial charge in [0.2, 0.25) is 5.91 Å². The van der Waals surface area contributed by atoms with Gasteiger partial charge in [-0.05, 0) is 43.4 Å². The monoisotopic (exact) mass is 347 g/mol. The Balaban J connectivity index is 2.10. The van der Waals surface area contributed by atoms with Crippen LogP contribution in [0.2, 0.25) is 0 Å². The molecule has 140 valence electrons. The molecule has 25 heavy (non-hydrogen) atoms. The summed E-state index contributed by atoms with van der Waals surface area (Å²) < 4.78 is 10.9. The van der Waals surface area contributed by atoms with Crippen LogP contribution < -0.4 is 10.1 Å². The Kier molecular flexibility index (Phi) is 7.76. The van der Waals surface area contributed by atoms with Crippen molar-refractivity contribution < 1.29 is 14.3 Å². The number of nitrogens with one attached hydrogen (secondary N) is 1. The number of hydrogen-bond acceptors (Lipinski definition) is 3. The third kappa shape index (κ3) is 5.21. The Bertz CT molecular complexity index is 514. The van der Waals surface area contributed by atoms with Gasteiger partial charge in [-0.1, -0.05) is 38.8 Å². The molecule has 1 amide bonds. The average molecular weight is 347 g/mol. The molecule has 0 bridgehead atoms. The Morgan fingerprint density at radius 3 is 2.28 bits per heavy atom. The fourth-order valence-electron chi connectivity index (χ4n) is 3.78. The molecule has 1 aliphatic rings. The number of methoxy groups -OCH3 is 1. The lowest BCUT2D eigenvalue weighted by Crippen LogP contribution is -2.46. The van der Waals surface area contributed by atoms with Gasteiger partial charge in [-0.25, -0.2) is 0 Å². The molecule has 1 saturated heterocycles. The first kappa shape index (κ1) is 19.8. The summed E-state index contributed by atoms with van der Waals surface area (Å²) in [5.41, 5.74) is 1.22. The number of hydrogen-bond donors (Lipinski definition) is 1. The van der Waals surface area contributed by atoms with Gasteiger partial charge >= 0.3 is 0 Å². The zero-order chi connectivity index (χ0) is 18.1. The quantitative estimate of drug-likeness (QED) is 0.732. The van der Waals surface area contributed by atoms with Gasteiger partial charge < -0.3 is 14.8 Å². The lowest BCUT2D eigenvalue weighted by atomic mass is 9.74. The number of carbonyl (C=O) groups is 1. The topological polar surface area (TPSA) is 47.6 Å². The van der Waals surface area contributed by atoms with E-state index in [4.69, 9.17) is 9.47 Å². The van der Waals surface area contributed by atoms with Crippen LogP contribution in [0.1, 0.15) is 57.9 Å². The summed E-state index contributed by atoms with van der Waals surface area (Å²) in [5.74, 6) is 1.21. The molecular weight excluding hydrogens is 314 g/mol. The second kappa shape index (κ2) is 9.81. The summed E-state index contributed by atoms with van der Waals surface area (Å²) in [6.45, 7) is 6.47. The van der Waals surface area contributed by atoms with Crippen molar-refractivity contribution >= 4 is 5.91 Å². The highest BCUT2D eigenvalue weighted by molar-refractivity contribution is 5.78. The van der Waals surface area contributed by atoms with E-state index >= 15 is 0 Å². The Morgan fingerprint density at radius 2 is 1.76 bits per heavy atom. The van der Waals surface area contributed by atoms with Gasteiger partial charge in [0.25, 0.3) is 0 Å². The number of carbonyl (C=O) groups excluding carboxylic acids is 1. The van der Waals surface area contributed by atoms with Gasteiger partial charge in [-0.15, -0.1) is 0 Å². The molecule has 1 aliphatic heterocycles. The number of amides is 1. The average Bonchev–Trinajstić information content (AvgIpc) is 2.67. The molecule has 1 N–H and O–H groups in total. The predicted molar refractivity (Wildman–Crippen MR) is 101 cm³/mol. The smallest absolute Gasteiger partial charge is 0.223 e. The summed E-state index contributed by atoms with van der Waals surface area (Å²) in [4.78, 5) is 12.7. The third-order valence-electron chi connectivity index (χ3n) is 5.40. The minimum atomic E-state index is -0.0385. The first-order valence-corrected chi connectivity index (χ1v) is 9.65. The summed E-state index contributed by atoms with van der Waals surface area (Å²) in [6.07, 6.45) is 5.92. The number of benzene rings is 1. The van der Waals surface area contributed by atoms with Crippen molar-refractivity contribution in [3.63, 3.8) is 0 Å². The highest BCUT2D eigenvalue weighted by Crippen LogP contribution is 2.35.